The Hall–Kier alpha value is -6.88. The van der Waals surface area contributed by atoms with E-state index in [0.717, 1.165) is 36.3 Å². The summed E-state index contributed by atoms with van der Waals surface area (Å²) in [4.78, 5) is 80.6. The number of hydrogen-bond acceptors (Lipinski definition) is 12. The van der Waals surface area contributed by atoms with Gasteiger partial charge in [0.2, 0.25) is 23.6 Å². The van der Waals surface area contributed by atoms with Gasteiger partial charge >= 0.3 is 0 Å². The molecule has 0 aliphatic carbocycles. The average molecular weight is 840 g/mol. The molecule has 62 heavy (non-hydrogen) atoms. The SMILES string of the molecule is Nc1ncnc2c1c(-c1ccc(Oc3ccccc3)cc1)nn2[C@@H]1CCCN(C(=O)CCCN2CCN(C(=O)CNc3cccc4c3CN(C3CCC(=O)NC3=O)C4=O)CC2)C1. The van der Waals surface area contributed by atoms with Gasteiger partial charge in [0.25, 0.3) is 5.91 Å². The summed E-state index contributed by atoms with van der Waals surface area (Å²) in [5.41, 5.74) is 10.5. The molecule has 3 aromatic carbocycles. The number of piperidine rings is 2. The van der Waals surface area contributed by atoms with E-state index in [0.29, 0.717) is 91.7 Å². The number of piperazine rings is 1. The number of benzene rings is 3. The van der Waals surface area contributed by atoms with Crippen molar-refractivity contribution in [3.05, 3.63) is 90.3 Å². The van der Waals surface area contributed by atoms with Crippen molar-refractivity contribution in [2.45, 2.75) is 57.2 Å². The molecule has 320 valence electrons. The summed E-state index contributed by atoms with van der Waals surface area (Å²) in [6, 6.07) is 21.8. The van der Waals surface area contributed by atoms with Crippen LogP contribution < -0.4 is 21.1 Å². The molecule has 3 fully saturated rings. The van der Waals surface area contributed by atoms with Crippen LogP contribution in [0, 0.1) is 0 Å². The van der Waals surface area contributed by atoms with Gasteiger partial charge in [-0.3, -0.25) is 34.2 Å². The lowest BCUT2D eigenvalue weighted by atomic mass is 10.0. The largest absolute Gasteiger partial charge is 0.457 e. The number of anilines is 2. The fraction of sp³-hybridized carbons (Fsp3) is 0.378. The number of imide groups is 1. The number of nitrogens with zero attached hydrogens (tertiary/aromatic N) is 8. The Morgan fingerprint density at radius 2 is 1.65 bits per heavy atom. The first kappa shape index (κ1) is 40.5. The van der Waals surface area contributed by atoms with E-state index in [1.807, 2.05) is 75.1 Å². The smallest absolute Gasteiger partial charge is 0.255 e. The molecule has 0 saturated carbocycles. The average Bonchev–Trinajstić information content (AvgIpc) is 3.85. The van der Waals surface area contributed by atoms with Crippen LogP contribution in [0.3, 0.4) is 0 Å². The summed E-state index contributed by atoms with van der Waals surface area (Å²) >= 11 is 0. The molecule has 4 aliphatic rings. The number of rotatable bonds is 12. The first-order valence-corrected chi connectivity index (χ1v) is 21.3. The van der Waals surface area contributed by atoms with Crippen LogP contribution in [0.2, 0.25) is 0 Å². The number of nitrogen functional groups attached to an aromatic ring is 1. The molecule has 4 N–H and O–H groups in total. The summed E-state index contributed by atoms with van der Waals surface area (Å²) < 4.78 is 7.90. The van der Waals surface area contributed by atoms with Crippen molar-refractivity contribution < 1.29 is 28.7 Å². The Labute approximate surface area is 358 Å². The van der Waals surface area contributed by atoms with Crippen molar-refractivity contribution in [1.82, 2.24) is 44.7 Å². The third-order valence-corrected chi connectivity index (χ3v) is 12.3. The third-order valence-electron chi connectivity index (χ3n) is 12.3. The first-order chi connectivity index (χ1) is 30.2. The molecule has 4 aliphatic heterocycles. The maximum Gasteiger partial charge on any atom is 0.255 e. The standard InChI is InChI=1S/C45H49N11O6/c46-42-40-41(29-13-15-32(16-14-29)62-31-8-2-1-3-9-31)51-56(43(40)49-28-48-42)30-7-5-20-54(26-30)38(58)12-6-19-52-21-23-53(24-22-52)39(59)25-47-35-11-4-10-33-34(35)27-55(45(33)61)36-17-18-37(57)50-44(36)60/h1-4,8-11,13-16,28,30,36,47H,5-7,12,17-27H2,(H2,46,48,49)(H,50,57,60)/t30-,36?/m1/s1. The second-order valence-corrected chi connectivity index (χ2v) is 16.2. The van der Waals surface area contributed by atoms with Crippen molar-refractivity contribution in [1.29, 1.82) is 0 Å². The molecule has 2 atom stereocenters. The van der Waals surface area contributed by atoms with Gasteiger partial charge in [-0.25, -0.2) is 14.6 Å². The van der Waals surface area contributed by atoms with Crippen LogP contribution >= 0.6 is 0 Å². The summed E-state index contributed by atoms with van der Waals surface area (Å²) in [7, 11) is 0. The number of carbonyl (C=O) groups excluding carboxylic acids is 5. The number of nitrogens with one attached hydrogen (secondary N) is 2. The lowest BCUT2D eigenvalue weighted by Crippen LogP contribution is -2.52. The number of carbonyl (C=O) groups is 5. The van der Waals surface area contributed by atoms with Crippen molar-refractivity contribution in [3.8, 4) is 22.8 Å². The topological polar surface area (TPSA) is 201 Å². The van der Waals surface area contributed by atoms with Crippen molar-refractivity contribution in [3.63, 3.8) is 0 Å². The normalized spacial score (nSPS) is 19.4. The molecule has 17 heteroatoms. The number of para-hydroxylation sites is 1. The molecule has 5 amide bonds. The van der Waals surface area contributed by atoms with Gasteiger partial charge in [0, 0.05) is 81.0 Å². The van der Waals surface area contributed by atoms with Gasteiger partial charge < -0.3 is 30.5 Å². The number of fused-ring (bicyclic) bond motifs is 2. The van der Waals surface area contributed by atoms with Gasteiger partial charge in [0.1, 0.15) is 35.4 Å². The van der Waals surface area contributed by atoms with Crippen LogP contribution in [0.5, 0.6) is 11.5 Å². The Morgan fingerprint density at radius 3 is 2.44 bits per heavy atom. The molecule has 2 aromatic heterocycles. The zero-order valence-corrected chi connectivity index (χ0v) is 34.4. The first-order valence-electron chi connectivity index (χ1n) is 21.3. The molecule has 3 saturated heterocycles. The monoisotopic (exact) mass is 839 g/mol. The summed E-state index contributed by atoms with van der Waals surface area (Å²) in [5, 5.41) is 11.3. The molecule has 0 spiro atoms. The lowest BCUT2D eigenvalue weighted by molar-refractivity contribution is -0.137. The second kappa shape index (κ2) is 17.6. The second-order valence-electron chi connectivity index (χ2n) is 16.2. The molecule has 9 rings (SSSR count). The predicted octanol–water partition coefficient (Wildman–Crippen LogP) is 3.83. The van der Waals surface area contributed by atoms with E-state index < -0.39 is 11.9 Å². The Kier molecular flexibility index (Phi) is 11.5. The molecule has 1 unspecified atom stereocenters. The quantitative estimate of drug-likeness (QED) is 0.154. The van der Waals surface area contributed by atoms with E-state index in [2.05, 4.69) is 25.5 Å². The van der Waals surface area contributed by atoms with Crippen LogP contribution in [0.4, 0.5) is 11.5 Å². The van der Waals surface area contributed by atoms with Gasteiger partial charge in [-0.2, -0.15) is 5.10 Å². The molecule has 6 heterocycles. The molecule has 0 bridgehead atoms. The predicted molar refractivity (Wildman–Crippen MR) is 230 cm³/mol. The lowest BCUT2D eigenvalue weighted by Gasteiger charge is -2.35. The van der Waals surface area contributed by atoms with Crippen LogP contribution in [0.15, 0.2) is 79.1 Å². The highest BCUT2D eigenvalue weighted by atomic mass is 16.5. The highest BCUT2D eigenvalue weighted by Crippen LogP contribution is 2.36. The fourth-order valence-corrected chi connectivity index (χ4v) is 9.01. The van der Waals surface area contributed by atoms with E-state index in [1.165, 1.54) is 11.2 Å². The Morgan fingerprint density at radius 1 is 0.855 bits per heavy atom. The minimum atomic E-state index is -0.703. The molecule has 5 aromatic rings. The molecule has 0 radical (unpaired) electrons. The van der Waals surface area contributed by atoms with Gasteiger partial charge in [-0.1, -0.05) is 24.3 Å². The minimum absolute atomic E-state index is 0.0407. The van der Waals surface area contributed by atoms with E-state index in [9.17, 15) is 24.0 Å². The number of likely N-dealkylation sites (tertiary alicyclic amines) is 1. The molecule has 17 nitrogen and oxygen atoms in total. The third kappa shape index (κ3) is 8.39. The zero-order valence-electron chi connectivity index (χ0n) is 34.4. The number of amides is 5. The van der Waals surface area contributed by atoms with E-state index in [-0.39, 0.29) is 55.6 Å². The zero-order chi connectivity index (χ0) is 42.7. The maximum atomic E-state index is 13.6. The summed E-state index contributed by atoms with van der Waals surface area (Å²) in [5.74, 6) is 0.831. The molecular weight excluding hydrogens is 791 g/mol. The fourth-order valence-electron chi connectivity index (χ4n) is 9.01. The summed E-state index contributed by atoms with van der Waals surface area (Å²) in [6.07, 6.45) is 4.76. The van der Waals surface area contributed by atoms with Gasteiger partial charge in [0.05, 0.1) is 18.0 Å². The van der Waals surface area contributed by atoms with Crippen LogP contribution in [0.25, 0.3) is 22.3 Å². The highest BCUT2D eigenvalue weighted by Gasteiger charge is 2.40. The maximum absolute atomic E-state index is 13.6. The van der Waals surface area contributed by atoms with Crippen LogP contribution in [-0.4, -0.2) is 127 Å². The van der Waals surface area contributed by atoms with Gasteiger partial charge in [0.15, 0.2) is 5.65 Å². The number of aromatic nitrogens is 4. The molecular formula is C45H49N11O6. The number of ether oxygens (including phenoxy) is 1. The van der Waals surface area contributed by atoms with Crippen molar-refractivity contribution in [2.24, 2.45) is 0 Å². The van der Waals surface area contributed by atoms with E-state index in [1.54, 1.807) is 12.1 Å². The number of nitrogens with two attached hydrogens (primary N) is 1. The van der Waals surface area contributed by atoms with Gasteiger partial charge in [-0.05, 0) is 80.8 Å². The Bertz CT molecular complexity index is 2500. The highest BCUT2D eigenvalue weighted by molar-refractivity contribution is 6.06. The van der Waals surface area contributed by atoms with E-state index >= 15 is 0 Å². The minimum Gasteiger partial charge on any atom is -0.457 e. The van der Waals surface area contributed by atoms with Crippen LogP contribution in [-0.2, 0) is 25.7 Å². The summed E-state index contributed by atoms with van der Waals surface area (Å²) in [6.45, 7) is 4.86. The van der Waals surface area contributed by atoms with Crippen molar-refractivity contribution >= 4 is 52.1 Å². The van der Waals surface area contributed by atoms with Crippen molar-refractivity contribution in [2.75, 3.05) is 63.4 Å². The van der Waals surface area contributed by atoms with Gasteiger partial charge in [-0.15, -0.1) is 0 Å². The Balaban J connectivity index is 0.744. The number of hydrogen-bond donors (Lipinski definition) is 3. The van der Waals surface area contributed by atoms with E-state index in [4.69, 9.17) is 15.6 Å². The van der Waals surface area contributed by atoms with Crippen LogP contribution in [0.1, 0.15) is 60.5 Å².